The highest BCUT2D eigenvalue weighted by atomic mass is 32.2. The molecule has 0 bridgehead atoms. The molecule has 0 spiro atoms. The fraction of sp³-hybridized carbons (Fsp3) is 0.875. The lowest BCUT2D eigenvalue weighted by molar-refractivity contribution is 0.0826. The Hall–Kier alpha value is -0.220. The van der Waals surface area contributed by atoms with Crippen LogP contribution in [0.5, 0.6) is 0 Å². The van der Waals surface area contributed by atoms with Crippen molar-refractivity contribution >= 4 is 16.9 Å². The number of thioether (sulfide) groups is 1. The van der Waals surface area contributed by atoms with Crippen molar-refractivity contribution in [2.45, 2.75) is 18.9 Å². The van der Waals surface area contributed by atoms with Gasteiger partial charge in [0.15, 0.2) is 5.17 Å². The molecule has 0 atom stereocenters. The predicted molar refractivity (Wildman–Crippen MR) is 51.7 cm³/mol. The van der Waals surface area contributed by atoms with Gasteiger partial charge in [-0.15, -0.1) is 0 Å². The summed E-state index contributed by atoms with van der Waals surface area (Å²) < 4.78 is 5.28. The van der Waals surface area contributed by atoms with E-state index in [1.807, 2.05) is 11.8 Å². The fourth-order valence-electron chi connectivity index (χ4n) is 1.44. The monoisotopic (exact) mass is 186 g/mol. The van der Waals surface area contributed by atoms with Gasteiger partial charge in [-0.25, -0.2) is 0 Å². The number of ether oxygens (including phenoxy) is 1. The maximum absolute atomic E-state index is 5.28. The van der Waals surface area contributed by atoms with Crippen LogP contribution in [0.1, 0.15) is 12.8 Å². The highest BCUT2D eigenvalue weighted by molar-refractivity contribution is 8.14. The second kappa shape index (κ2) is 4.14. The van der Waals surface area contributed by atoms with E-state index in [4.69, 9.17) is 4.74 Å². The zero-order valence-corrected chi connectivity index (χ0v) is 7.90. The molecular weight excluding hydrogens is 172 g/mol. The Labute approximate surface area is 77.0 Å². The van der Waals surface area contributed by atoms with Crippen molar-refractivity contribution in [1.29, 1.82) is 0 Å². The van der Waals surface area contributed by atoms with Gasteiger partial charge in [0.2, 0.25) is 0 Å². The molecule has 0 aromatic carbocycles. The van der Waals surface area contributed by atoms with Gasteiger partial charge < -0.3 is 10.1 Å². The maximum atomic E-state index is 5.28. The maximum Gasteiger partial charge on any atom is 0.156 e. The van der Waals surface area contributed by atoms with Gasteiger partial charge in [-0.05, 0) is 12.8 Å². The standard InChI is InChI=1S/C8H14N2OS/c1-4-11-5-2-7(1)10-8-9-3-6-12-8/h7H,1-6H2,(H,9,10). The third-order valence-corrected chi connectivity index (χ3v) is 3.04. The van der Waals surface area contributed by atoms with Gasteiger partial charge in [0.25, 0.3) is 0 Å². The van der Waals surface area contributed by atoms with Crippen molar-refractivity contribution in [3.05, 3.63) is 0 Å². The molecule has 2 aliphatic heterocycles. The summed E-state index contributed by atoms with van der Waals surface area (Å²) in [5.74, 6) is 1.14. The molecule has 4 heteroatoms. The SMILES string of the molecule is C1CSC(NC2CCOCC2)=N1. The van der Waals surface area contributed by atoms with E-state index in [1.54, 1.807) is 0 Å². The molecule has 0 saturated carbocycles. The predicted octanol–water partition coefficient (Wildman–Crippen LogP) is 0.858. The van der Waals surface area contributed by atoms with Crippen LogP contribution in [0.4, 0.5) is 0 Å². The molecule has 0 aromatic rings. The number of nitrogens with one attached hydrogen (secondary N) is 1. The van der Waals surface area contributed by atoms with Gasteiger partial charge in [0.05, 0.1) is 6.54 Å². The number of nitrogens with zero attached hydrogens (tertiary/aromatic N) is 1. The molecule has 0 aliphatic carbocycles. The molecule has 1 saturated heterocycles. The van der Waals surface area contributed by atoms with Crippen molar-refractivity contribution in [2.24, 2.45) is 4.99 Å². The fourth-order valence-corrected chi connectivity index (χ4v) is 2.25. The molecule has 0 amide bonds. The van der Waals surface area contributed by atoms with Gasteiger partial charge in [-0.2, -0.15) is 0 Å². The van der Waals surface area contributed by atoms with Crippen molar-refractivity contribution < 1.29 is 4.74 Å². The summed E-state index contributed by atoms with van der Waals surface area (Å²) in [6, 6.07) is 0.600. The average molecular weight is 186 g/mol. The normalized spacial score (nSPS) is 25.5. The van der Waals surface area contributed by atoms with Crippen LogP contribution >= 0.6 is 11.8 Å². The Balaban J connectivity index is 1.77. The Bertz CT molecular complexity index is 178. The second-order valence-corrected chi connectivity index (χ2v) is 4.15. The number of hydrogen-bond donors (Lipinski definition) is 1. The molecule has 2 heterocycles. The van der Waals surface area contributed by atoms with Crippen LogP contribution in [0, 0.1) is 0 Å². The zero-order chi connectivity index (χ0) is 8.23. The third-order valence-electron chi connectivity index (χ3n) is 2.13. The largest absolute Gasteiger partial charge is 0.381 e. The minimum Gasteiger partial charge on any atom is -0.381 e. The Morgan fingerprint density at radius 3 is 2.92 bits per heavy atom. The van der Waals surface area contributed by atoms with Crippen molar-refractivity contribution in [3.63, 3.8) is 0 Å². The molecule has 1 N–H and O–H groups in total. The Kier molecular flexibility index (Phi) is 2.89. The molecule has 2 aliphatic rings. The summed E-state index contributed by atoms with van der Waals surface area (Å²) in [6.45, 7) is 2.78. The van der Waals surface area contributed by atoms with Crippen LogP contribution < -0.4 is 5.32 Å². The summed E-state index contributed by atoms with van der Waals surface area (Å²) in [7, 11) is 0. The minimum absolute atomic E-state index is 0.600. The molecule has 3 nitrogen and oxygen atoms in total. The van der Waals surface area contributed by atoms with Crippen molar-refractivity contribution in [1.82, 2.24) is 5.32 Å². The van der Waals surface area contributed by atoms with Crippen LogP contribution in [-0.2, 0) is 4.74 Å². The van der Waals surface area contributed by atoms with E-state index in [1.165, 1.54) is 0 Å². The highest BCUT2D eigenvalue weighted by Gasteiger charge is 2.16. The number of hydrogen-bond acceptors (Lipinski definition) is 4. The van der Waals surface area contributed by atoms with E-state index >= 15 is 0 Å². The van der Waals surface area contributed by atoms with Gasteiger partial charge in [0.1, 0.15) is 0 Å². The van der Waals surface area contributed by atoms with E-state index in [-0.39, 0.29) is 0 Å². The first-order chi connectivity index (χ1) is 5.95. The summed E-state index contributed by atoms with van der Waals surface area (Å²) in [6.07, 6.45) is 2.25. The Morgan fingerprint density at radius 1 is 1.42 bits per heavy atom. The Morgan fingerprint density at radius 2 is 2.25 bits per heavy atom. The summed E-state index contributed by atoms with van der Waals surface area (Å²) >= 11 is 1.83. The lowest BCUT2D eigenvalue weighted by Gasteiger charge is -2.23. The van der Waals surface area contributed by atoms with Gasteiger partial charge in [-0.3, -0.25) is 4.99 Å². The van der Waals surface area contributed by atoms with Crippen LogP contribution in [0.2, 0.25) is 0 Å². The topological polar surface area (TPSA) is 33.6 Å². The first-order valence-electron chi connectivity index (χ1n) is 4.47. The van der Waals surface area contributed by atoms with Crippen molar-refractivity contribution in [2.75, 3.05) is 25.5 Å². The molecule has 0 aromatic heterocycles. The van der Waals surface area contributed by atoms with Gasteiger partial charge in [-0.1, -0.05) is 11.8 Å². The van der Waals surface area contributed by atoms with E-state index in [0.29, 0.717) is 6.04 Å². The summed E-state index contributed by atoms with van der Waals surface area (Å²) in [5, 5.41) is 4.59. The molecular formula is C8H14N2OS. The number of rotatable bonds is 1. The zero-order valence-electron chi connectivity index (χ0n) is 7.08. The highest BCUT2D eigenvalue weighted by Crippen LogP contribution is 2.13. The second-order valence-electron chi connectivity index (χ2n) is 3.07. The molecule has 1 fully saturated rings. The molecule has 68 valence electrons. The molecule has 0 radical (unpaired) electrons. The van der Waals surface area contributed by atoms with Crippen molar-refractivity contribution in [3.8, 4) is 0 Å². The quantitative estimate of drug-likeness (QED) is 0.659. The van der Waals surface area contributed by atoms with Crippen LogP contribution in [0.25, 0.3) is 0 Å². The lowest BCUT2D eigenvalue weighted by Crippen LogP contribution is -2.37. The minimum atomic E-state index is 0.600. The van der Waals surface area contributed by atoms with Gasteiger partial charge in [0, 0.05) is 25.0 Å². The first kappa shape index (κ1) is 8.38. The number of aliphatic imine (C=N–C) groups is 1. The molecule has 12 heavy (non-hydrogen) atoms. The van der Waals surface area contributed by atoms with Crippen LogP contribution in [-0.4, -0.2) is 36.7 Å². The summed E-state index contributed by atoms with van der Waals surface area (Å²) in [4.78, 5) is 4.36. The van der Waals surface area contributed by atoms with E-state index in [0.717, 1.165) is 43.5 Å². The number of amidine groups is 1. The van der Waals surface area contributed by atoms with Crippen LogP contribution in [0.15, 0.2) is 4.99 Å². The molecule has 2 rings (SSSR count). The lowest BCUT2D eigenvalue weighted by atomic mass is 10.1. The van der Waals surface area contributed by atoms with E-state index < -0.39 is 0 Å². The van der Waals surface area contributed by atoms with Gasteiger partial charge >= 0.3 is 0 Å². The molecule has 0 unspecified atom stereocenters. The van der Waals surface area contributed by atoms with E-state index in [2.05, 4.69) is 10.3 Å². The van der Waals surface area contributed by atoms with E-state index in [9.17, 15) is 0 Å². The average Bonchev–Trinajstić information content (AvgIpc) is 2.59. The summed E-state index contributed by atoms with van der Waals surface area (Å²) in [5.41, 5.74) is 0. The first-order valence-corrected chi connectivity index (χ1v) is 5.45. The van der Waals surface area contributed by atoms with Crippen LogP contribution in [0.3, 0.4) is 0 Å². The smallest absolute Gasteiger partial charge is 0.156 e. The third kappa shape index (κ3) is 2.14.